The van der Waals surface area contributed by atoms with Gasteiger partial charge in [-0.25, -0.2) is 0 Å². The van der Waals surface area contributed by atoms with Crippen molar-refractivity contribution in [3.05, 3.63) is 22.4 Å². The van der Waals surface area contributed by atoms with Gasteiger partial charge in [-0.3, -0.25) is 0 Å². The number of hydrogen-bond donors (Lipinski definition) is 1. The van der Waals surface area contributed by atoms with Crippen LogP contribution in [0.15, 0.2) is 17.5 Å². The van der Waals surface area contributed by atoms with E-state index < -0.39 is 0 Å². The minimum Gasteiger partial charge on any atom is -0.374 e. The van der Waals surface area contributed by atoms with Gasteiger partial charge in [0.25, 0.3) is 0 Å². The summed E-state index contributed by atoms with van der Waals surface area (Å²) in [5.74, 6) is 3.25. The molecule has 19 heavy (non-hydrogen) atoms. The van der Waals surface area contributed by atoms with Gasteiger partial charge in [0.05, 0.1) is 5.60 Å². The van der Waals surface area contributed by atoms with E-state index in [0.29, 0.717) is 6.04 Å². The number of likely N-dealkylation sites (N-methyl/N-ethyl adjacent to an activating group) is 1. The van der Waals surface area contributed by atoms with Gasteiger partial charge in [-0.05, 0) is 55.8 Å². The van der Waals surface area contributed by atoms with Crippen LogP contribution in [0, 0.1) is 5.92 Å². The van der Waals surface area contributed by atoms with Crippen LogP contribution in [-0.4, -0.2) is 36.8 Å². The van der Waals surface area contributed by atoms with Crippen LogP contribution in [0.5, 0.6) is 0 Å². The van der Waals surface area contributed by atoms with Crippen LogP contribution in [0.25, 0.3) is 0 Å². The summed E-state index contributed by atoms with van der Waals surface area (Å²) in [4.78, 5) is 1.50. The zero-order chi connectivity index (χ0) is 13.1. The van der Waals surface area contributed by atoms with E-state index in [1.54, 1.807) is 0 Å². The van der Waals surface area contributed by atoms with Crippen LogP contribution in [0.1, 0.15) is 24.1 Å². The molecule has 106 valence electrons. The summed E-state index contributed by atoms with van der Waals surface area (Å²) in [6.07, 6.45) is 4.88. The van der Waals surface area contributed by atoms with Gasteiger partial charge in [-0.2, -0.15) is 11.8 Å². The van der Waals surface area contributed by atoms with Gasteiger partial charge >= 0.3 is 0 Å². The minimum atomic E-state index is 0.206. The highest BCUT2D eigenvalue weighted by Crippen LogP contribution is 2.41. The van der Waals surface area contributed by atoms with Crippen LogP contribution < -0.4 is 5.32 Å². The Kier molecular flexibility index (Phi) is 4.52. The fraction of sp³-hybridized carbons (Fsp3) is 0.733. The number of thiophene rings is 1. The number of nitrogens with one attached hydrogen (secondary N) is 1. The highest BCUT2D eigenvalue weighted by Gasteiger charge is 2.42. The first-order valence-corrected chi connectivity index (χ1v) is 9.26. The third-order valence-corrected chi connectivity index (χ3v) is 6.66. The molecule has 2 nitrogen and oxygen atoms in total. The van der Waals surface area contributed by atoms with Crippen molar-refractivity contribution in [2.75, 3.05) is 25.2 Å². The van der Waals surface area contributed by atoms with E-state index >= 15 is 0 Å². The lowest BCUT2D eigenvalue weighted by Gasteiger charge is -2.41. The van der Waals surface area contributed by atoms with Gasteiger partial charge in [0.2, 0.25) is 0 Å². The van der Waals surface area contributed by atoms with Crippen molar-refractivity contribution in [1.82, 2.24) is 5.32 Å². The second-order valence-electron chi connectivity index (χ2n) is 5.77. The fourth-order valence-electron chi connectivity index (χ4n) is 3.42. The first kappa shape index (κ1) is 13.9. The molecule has 0 saturated carbocycles. The van der Waals surface area contributed by atoms with E-state index in [9.17, 15) is 0 Å². The standard InChI is InChI=1S/C15H23NOS2/c1-16-14(9-13-3-2-7-19-13)12-4-6-17-15(10-12)5-8-18-11-15/h2-3,7,12,14,16H,4-6,8-11H2,1H3. The maximum Gasteiger partial charge on any atom is 0.0783 e. The Hall–Kier alpha value is -0.0300. The van der Waals surface area contributed by atoms with E-state index in [2.05, 4.69) is 41.6 Å². The van der Waals surface area contributed by atoms with E-state index in [1.807, 2.05) is 11.3 Å². The van der Waals surface area contributed by atoms with Crippen molar-refractivity contribution >= 4 is 23.1 Å². The SMILES string of the molecule is CNC(Cc1cccs1)C1CCOC2(CCSC2)C1. The number of rotatable bonds is 4. The van der Waals surface area contributed by atoms with Crippen LogP contribution in [0.3, 0.4) is 0 Å². The van der Waals surface area contributed by atoms with Crippen LogP contribution in [-0.2, 0) is 11.2 Å². The molecule has 0 radical (unpaired) electrons. The topological polar surface area (TPSA) is 21.3 Å². The second kappa shape index (κ2) is 6.17. The first-order valence-electron chi connectivity index (χ1n) is 7.23. The number of ether oxygens (including phenoxy) is 1. The summed E-state index contributed by atoms with van der Waals surface area (Å²) >= 11 is 3.94. The van der Waals surface area contributed by atoms with Gasteiger partial charge in [-0.15, -0.1) is 11.3 Å². The Bertz CT molecular complexity index is 387. The van der Waals surface area contributed by atoms with Gasteiger partial charge in [0, 0.05) is 23.3 Å². The van der Waals surface area contributed by atoms with Crippen molar-refractivity contribution in [2.45, 2.75) is 37.3 Å². The summed E-state index contributed by atoms with van der Waals surface area (Å²) < 4.78 is 6.14. The predicted octanol–water partition coefficient (Wildman–Crippen LogP) is 3.18. The molecule has 4 heteroatoms. The molecule has 3 atom stereocenters. The molecule has 1 N–H and O–H groups in total. The molecule has 3 unspecified atom stereocenters. The highest BCUT2D eigenvalue weighted by atomic mass is 32.2. The number of hydrogen-bond acceptors (Lipinski definition) is 4. The Balaban J connectivity index is 1.65. The van der Waals surface area contributed by atoms with Crippen molar-refractivity contribution in [3.63, 3.8) is 0 Å². The van der Waals surface area contributed by atoms with E-state index in [-0.39, 0.29) is 5.60 Å². The summed E-state index contributed by atoms with van der Waals surface area (Å²) in [5.41, 5.74) is 0.206. The molecule has 0 aliphatic carbocycles. The fourth-order valence-corrected chi connectivity index (χ4v) is 5.57. The van der Waals surface area contributed by atoms with E-state index in [4.69, 9.17) is 4.74 Å². The Morgan fingerprint density at radius 1 is 1.58 bits per heavy atom. The van der Waals surface area contributed by atoms with Gasteiger partial charge in [0.15, 0.2) is 0 Å². The van der Waals surface area contributed by atoms with Gasteiger partial charge < -0.3 is 10.1 Å². The molecule has 2 aliphatic rings. The average molecular weight is 297 g/mol. The smallest absolute Gasteiger partial charge is 0.0783 e. The van der Waals surface area contributed by atoms with Crippen LogP contribution >= 0.6 is 23.1 Å². The molecule has 0 bridgehead atoms. The Morgan fingerprint density at radius 3 is 3.21 bits per heavy atom. The monoisotopic (exact) mass is 297 g/mol. The molecule has 3 heterocycles. The molecule has 0 aromatic carbocycles. The molecule has 2 aliphatic heterocycles. The zero-order valence-electron chi connectivity index (χ0n) is 11.6. The molecule has 1 spiro atoms. The van der Waals surface area contributed by atoms with Crippen molar-refractivity contribution < 1.29 is 4.74 Å². The Morgan fingerprint density at radius 2 is 2.53 bits per heavy atom. The summed E-state index contributed by atoms with van der Waals surface area (Å²) in [6, 6.07) is 5.02. The van der Waals surface area contributed by atoms with Crippen molar-refractivity contribution in [1.29, 1.82) is 0 Å². The highest BCUT2D eigenvalue weighted by molar-refractivity contribution is 7.99. The lowest BCUT2D eigenvalue weighted by Crippen LogP contribution is -2.47. The largest absolute Gasteiger partial charge is 0.374 e. The summed E-state index contributed by atoms with van der Waals surface area (Å²) in [7, 11) is 2.11. The van der Waals surface area contributed by atoms with E-state index in [0.717, 1.165) is 12.5 Å². The molecule has 1 aromatic rings. The number of thioether (sulfide) groups is 1. The normalized spacial score (nSPS) is 32.8. The lowest BCUT2D eigenvalue weighted by molar-refractivity contribution is -0.0846. The van der Waals surface area contributed by atoms with Crippen molar-refractivity contribution in [2.24, 2.45) is 5.92 Å². The van der Waals surface area contributed by atoms with Crippen LogP contribution in [0.2, 0.25) is 0 Å². The molecule has 2 fully saturated rings. The molecule has 2 saturated heterocycles. The zero-order valence-corrected chi connectivity index (χ0v) is 13.2. The second-order valence-corrected chi connectivity index (χ2v) is 7.90. The van der Waals surface area contributed by atoms with Crippen molar-refractivity contribution in [3.8, 4) is 0 Å². The van der Waals surface area contributed by atoms with Gasteiger partial charge in [0.1, 0.15) is 0 Å². The average Bonchev–Trinajstić information content (AvgIpc) is 3.08. The quantitative estimate of drug-likeness (QED) is 0.922. The minimum absolute atomic E-state index is 0.206. The summed E-state index contributed by atoms with van der Waals surface area (Å²) in [6.45, 7) is 0.952. The predicted molar refractivity (Wildman–Crippen MR) is 84.2 cm³/mol. The maximum absolute atomic E-state index is 6.14. The molecule has 3 rings (SSSR count). The first-order chi connectivity index (χ1) is 9.31. The van der Waals surface area contributed by atoms with Crippen LogP contribution in [0.4, 0.5) is 0 Å². The molecular formula is C15H23NOS2. The summed E-state index contributed by atoms with van der Waals surface area (Å²) in [5, 5.41) is 5.74. The van der Waals surface area contributed by atoms with E-state index in [1.165, 1.54) is 42.1 Å². The lowest BCUT2D eigenvalue weighted by atomic mass is 9.80. The molecule has 1 aromatic heterocycles. The third kappa shape index (κ3) is 3.18. The Labute approximate surface area is 124 Å². The maximum atomic E-state index is 6.14. The third-order valence-electron chi connectivity index (χ3n) is 4.54. The molecular weight excluding hydrogens is 274 g/mol. The molecule has 0 amide bonds. The van der Waals surface area contributed by atoms with Gasteiger partial charge in [-0.1, -0.05) is 6.07 Å².